The van der Waals surface area contributed by atoms with Crippen LogP contribution in [0, 0.1) is 6.92 Å². The molecule has 146 valence electrons. The topological polar surface area (TPSA) is 29.3 Å². The Morgan fingerprint density at radius 3 is 2.27 bits per heavy atom. The second-order valence-corrected chi connectivity index (χ2v) is 9.41. The molecule has 1 fully saturated rings. The summed E-state index contributed by atoms with van der Waals surface area (Å²) in [6.45, 7) is 15.9. The summed E-state index contributed by atoms with van der Waals surface area (Å²) in [4.78, 5) is 2.67. The van der Waals surface area contributed by atoms with E-state index in [1.165, 1.54) is 23.1 Å². The van der Waals surface area contributed by atoms with Crippen LogP contribution in [0.15, 0.2) is 35.9 Å². The summed E-state index contributed by atoms with van der Waals surface area (Å²) in [5.74, 6) is 0. The van der Waals surface area contributed by atoms with E-state index >= 15 is 0 Å². The summed E-state index contributed by atoms with van der Waals surface area (Å²) in [7, 11) is 0. The van der Waals surface area contributed by atoms with Gasteiger partial charge < -0.3 is 5.73 Å². The van der Waals surface area contributed by atoms with Crippen LogP contribution in [-0.4, -0.2) is 29.6 Å². The summed E-state index contributed by atoms with van der Waals surface area (Å²) in [6.07, 6.45) is 8.21. The maximum Gasteiger partial charge on any atom is 0.0288 e. The normalized spacial score (nSPS) is 19.2. The van der Waals surface area contributed by atoms with Gasteiger partial charge in [-0.25, -0.2) is 0 Å². The average Bonchev–Trinajstić information content (AvgIpc) is 2.54. The van der Waals surface area contributed by atoms with Gasteiger partial charge in [-0.2, -0.15) is 0 Å². The molecule has 1 unspecified atom stereocenters. The molecule has 2 nitrogen and oxygen atoms in total. The molecule has 2 rings (SSSR count). The first kappa shape index (κ1) is 21.2. The predicted molar refractivity (Wildman–Crippen MR) is 115 cm³/mol. The van der Waals surface area contributed by atoms with Crippen molar-refractivity contribution in [2.24, 2.45) is 5.73 Å². The van der Waals surface area contributed by atoms with Crippen LogP contribution in [-0.2, 0) is 5.41 Å². The molecule has 0 amide bonds. The van der Waals surface area contributed by atoms with Crippen molar-refractivity contribution in [2.45, 2.75) is 90.6 Å². The molecule has 1 aliphatic heterocycles. The highest BCUT2D eigenvalue weighted by atomic mass is 15.2. The summed E-state index contributed by atoms with van der Waals surface area (Å²) in [5, 5.41) is 0. The number of likely N-dealkylation sites (tertiary alicyclic amines) is 1. The Morgan fingerprint density at radius 1 is 1.19 bits per heavy atom. The van der Waals surface area contributed by atoms with Gasteiger partial charge in [-0.05, 0) is 57.4 Å². The molecule has 0 aromatic heterocycles. The van der Waals surface area contributed by atoms with Crippen LogP contribution in [0.3, 0.4) is 0 Å². The quantitative estimate of drug-likeness (QED) is 0.645. The minimum Gasteiger partial charge on any atom is -0.325 e. The second-order valence-electron chi connectivity index (χ2n) is 9.41. The number of rotatable bonds is 7. The summed E-state index contributed by atoms with van der Waals surface area (Å²) < 4.78 is 0. The first-order valence-corrected chi connectivity index (χ1v) is 10.4. The van der Waals surface area contributed by atoms with Crippen molar-refractivity contribution in [3.05, 3.63) is 47.0 Å². The molecule has 1 aromatic carbocycles. The van der Waals surface area contributed by atoms with E-state index in [1.807, 2.05) is 0 Å². The van der Waals surface area contributed by atoms with Crippen molar-refractivity contribution in [3.8, 4) is 0 Å². The fraction of sp³-hybridized carbons (Fsp3) is 0.667. The molecule has 1 heterocycles. The molecule has 0 bridgehead atoms. The van der Waals surface area contributed by atoms with Gasteiger partial charge in [0.15, 0.2) is 0 Å². The zero-order chi connectivity index (χ0) is 19.4. The lowest BCUT2D eigenvalue weighted by Crippen LogP contribution is -2.53. The number of piperidine rings is 1. The van der Waals surface area contributed by atoms with Gasteiger partial charge in [0.2, 0.25) is 0 Å². The van der Waals surface area contributed by atoms with Gasteiger partial charge in [-0.1, -0.05) is 68.7 Å². The third kappa shape index (κ3) is 5.69. The SMILES string of the molecule is CCCC1(N)CCN(C(C=C(C)C)CC(C)(C)c2ccc(C)cc2)CC1. The van der Waals surface area contributed by atoms with E-state index in [0.29, 0.717) is 6.04 Å². The predicted octanol–water partition coefficient (Wildman–Crippen LogP) is 5.59. The van der Waals surface area contributed by atoms with Gasteiger partial charge in [0, 0.05) is 24.7 Å². The average molecular weight is 357 g/mol. The summed E-state index contributed by atoms with van der Waals surface area (Å²) >= 11 is 0. The van der Waals surface area contributed by atoms with Crippen molar-refractivity contribution in [1.82, 2.24) is 4.90 Å². The second kappa shape index (κ2) is 8.71. The highest BCUT2D eigenvalue weighted by molar-refractivity contribution is 5.28. The zero-order valence-corrected chi connectivity index (χ0v) is 17.9. The number of nitrogens with two attached hydrogens (primary N) is 1. The lowest BCUT2D eigenvalue weighted by Gasteiger charge is -2.44. The minimum absolute atomic E-state index is 0.0627. The monoisotopic (exact) mass is 356 g/mol. The largest absolute Gasteiger partial charge is 0.325 e. The van der Waals surface area contributed by atoms with Crippen molar-refractivity contribution < 1.29 is 0 Å². The molecule has 2 heteroatoms. The van der Waals surface area contributed by atoms with Crippen molar-refractivity contribution in [1.29, 1.82) is 0 Å². The Hall–Kier alpha value is -1.12. The third-order valence-corrected chi connectivity index (χ3v) is 6.09. The molecule has 1 atom stereocenters. The van der Waals surface area contributed by atoms with Crippen LogP contribution in [0.4, 0.5) is 0 Å². The number of hydrogen-bond acceptors (Lipinski definition) is 2. The number of allylic oxidation sites excluding steroid dienone is 1. The molecule has 0 spiro atoms. The fourth-order valence-corrected chi connectivity index (χ4v) is 4.37. The standard InChI is InChI=1S/C24H40N2/c1-7-12-24(25)13-15-26(16-14-24)22(17-19(2)3)18-23(5,6)21-10-8-20(4)9-11-21/h8-11,17,22H,7,12-16,18,25H2,1-6H3. The van der Waals surface area contributed by atoms with Gasteiger partial charge in [0.1, 0.15) is 0 Å². The zero-order valence-electron chi connectivity index (χ0n) is 17.9. The Balaban J connectivity index is 2.13. The van der Waals surface area contributed by atoms with Gasteiger partial charge in [-0.15, -0.1) is 0 Å². The molecule has 2 N–H and O–H groups in total. The van der Waals surface area contributed by atoms with Crippen molar-refractivity contribution in [2.75, 3.05) is 13.1 Å². The van der Waals surface area contributed by atoms with E-state index in [2.05, 4.69) is 76.8 Å². The van der Waals surface area contributed by atoms with Crippen LogP contribution < -0.4 is 5.73 Å². The molecule has 1 aromatic rings. The molecule has 0 saturated carbocycles. The summed E-state index contributed by atoms with van der Waals surface area (Å²) in [5.41, 5.74) is 11.0. The van der Waals surface area contributed by atoms with Crippen LogP contribution in [0.2, 0.25) is 0 Å². The molecule has 1 aliphatic rings. The first-order valence-electron chi connectivity index (χ1n) is 10.4. The highest BCUT2D eigenvalue weighted by Gasteiger charge is 2.34. The lowest BCUT2D eigenvalue weighted by atomic mass is 9.77. The number of benzene rings is 1. The fourth-order valence-electron chi connectivity index (χ4n) is 4.37. The maximum absolute atomic E-state index is 6.62. The van der Waals surface area contributed by atoms with Crippen LogP contribution in [0.25, 0.3) is 0 Å². The molecule has 0 radical (unpaired) electrons. The molecular weight excluding hydrogens is 316 g/mol. The van der Waals surface area contributed by atoms with Crippen LogP contribution >= 0.6 is 0 Å². The van der Waals surface area contributed by atoms with E-state index in [1.54, 1.807) is 0 Å². The Labute approximate surface area is 161 Å². The molecular formula is C24H40N2. The molecule has 1 saturated heterocycles. The highest BCUT2D eigenvalue weighted by Crippen LogP contribution is 2.33. The summed E-state index contributed by atoms with van der Waals surface area (Å²) in [6, 6.07) is 9.57. The van der Waals surface area contributed by atoms with Gasteiger partial charge >= 0.3 is 0 Å². The number of hydrogen-bond donors (Lipinski definition) is 1. The van der Waals surface area contributed by atoms with E-state index in [4.69, 9.17) is 5.73 Å². The Bertz CT molecular complexity index is 585. The van der Waals surface area contributed by atoms with Crippen molar-refractivity contribution >= 4 is 0 Å². The van der Waals surface area contributed by atoms with Gasteiger partial charge in [-0.3, -0.25) is 4.90 Å². The number of nitrogens with zero attached hydrogens (tertiary/aromatic N) is 1. The van der Waals surface area contributed by atoms with E-state index in [-0.39, 0.29) is 11.0 Å². The molecule has 0 aliphatic carbocycles. The Morgan fingerprint density at radius 2 is 1.77 bits per heavy atom. The number of aryl methyl sites for hydroxylation is 1. The minimum atomic E-state index is 0.0627. The molecule has 26 heavy (non-hydrogen) atoms. The van der Waals surface area contributed by atoms with E-state index < -0.39 is 0 Å². The van der Waals surface area contributed by atoms with E-state index in [9.17, 15) is 0 Å². The van der Waals surface area contributed by atoms with Crippen LogP contribution in [0.1, 0.15) is 77.8 Å². The van der Waals surface area contributed by atoms with Crippen LogP contribution in [0.5, 0.6) is 0 Å². The van der Waals surface area contributed by atoms with Gasteiger partial charge in [0.25, 0.3) is 0 Å². The van der Waals surface area contributed by atoms with E-state index in [0.717, 1.165) is 38.8 Å². The first-order chi connectivity index (χ1) is 12.1. The third-order valence-electron chi connectivity index (χ3n) is 6.09. The lowest BCUT2D eigenvalue weighted by molar-refractivity contribution is 0.116. The van der Waals surface area contributed by atoms with Gasteiger partial charge in [0.05, 0.1) is 0 Å². The van der Waals surface area contributed by atoms with Crippen molar-refractivity contribution in [3.63, 3.8) is 0 Å². The maximum atomic E-state index is 6.62. The smallest absolute Gasteiger partial charge is 0.0288 e. The Kier molecular flexibility index (Phi) is 7.10.